The topological polar surface area (TPSA) is 101 Å². The molecule has 0 unspecified atom stereocenters. The number of aliphatic hydroxyl groups is 1. The monoisotopic (exact) mass is 354 g/mol. The molecule has 1 atom stereocenters. The number of fused-ring (bicyclic) bond motifs is 1. The Labute approximate surface area is 141 Å². The maximum atomic E-state index is 11.3. The molecule has 0 saturated heterocycles. The van der Waals surface area contributed by atoms with E-state index in [0.717, 1.165) is 42.1 Å². The molecule has 9 heteroatoms. The molecule has 2 aromatic rings. The summed E-state index contributed by atoms with van der Waals surface area (Å²) in [5.74, 6) is 0.516. The van der Waals surface area contributed by atoms with Gasteiger partial charge in [-0.2, -0.15) is 5.10 Å². The predicted molar refractivity (Wildman–Crippen MR) is 87.0 cm³/mol. The summed E-state index contributed by atoms with van der Waals surface area (Å²) in [6.45, 7) is 6.78. The van der Waals surface area contributed by atoms with E-state index >= 15 is 0 Å². The number of aryl methyl sites for hydroxylation is 2. The van der Waals surface area contributed by atoms with Gasteiger partial charge in [-0.1, -0.05) is 5.16 Å². The van der Waals surface area contributed by atoms with Gasteiger partial charge in [-0.15, -0.1) is 0 Å². The van der Waals surface area contributed by atoms with E-state index in [1.807, 2.05) is 18.5 Å². The number of hydrogen-bond acceptors (Lipinski definition) is 7. The molecule has 0 aromatic carbocycles. The highest BCUT2D eigenvalue weighted by molar-refractivity contribution is 7.90. The zero-order chi connectivity index (χ0) is 17.5. The first-order valence-corrected chi connectivity index (χ1v) is 9.85. The number of rotatable bonds is 5. The Morgan fingerprint density at radius 2 is 2.12 bits per heavy atom. The van der Waals surface area contributed by atoms with Crippen molar-refractivity contribution in [2.24, 2.45) is 0 Å². The Morgan fingerprint density at radius 3 is 2.75 bits per heavy atom. The molecule has 1 aliphatic rings. The Hall–Kier alpha value is -1.71. The van der Waals surface area contributed by atoms with E-state index in [1.54, 1.807) is 6.07 Å². The average molecular weight is 354 g/mol. The second-order valence-corrected chi connectivity index (χ2v) is 8.59. The summed E-state index contributed by atoms with van der Waals surface area (Å²) < 4.78 is 29.7. The molecule has 3 rings (SSSR count). The molecule has 1 aliphatic heterocycles. The van der Waals surface area contributed by atoms with E-state index in [0.29, 0.717) is 18.8 Å². The lowest BCUT2D eigenvalue weighted by Crippen LogP contribution is -2.33. The third-order valence-electron chi connectivity index (χ3n) is 4.26. The van der Waals surface area contributed by atoms with E-state index in [9.17, 15) is 13.5 Å². The van der Waals surface area contributed by atoms with Crippen LogP contribution in [0.15, 0.2) is 10.6 Å². The number of nitrogens with zero attached hydrogens (tertiary/aromatic N) is 4. The molecular formula is C15H22N4O4S. The summed E-state index contributed by atoms with van der Waals surface area (Å²) >= 11 is 0. The first kappa shape index (κ1) is 17.1. The van der Waals surface area contributed by atoms with E-state index < -0.39 is 15.9 Å². The molecule has 24 heavy (non-hydrogen) atoms. The lowest BCUT2D eigenvalue weighted by Gasteiger charge is -2.27. The minimum absolute atomic E-state index is 0.313. The normalized spacial score (nSPS) is 17.0. The van der Waals surface area contributed by atoms with Crippen LogP contribution in [0.5, 0.6) is 0 Å². The highest BCUT2D eigenvalue weighted by Crippen LogP contribution is 2.22. The van der Waals surface area contributed by atoms with Crippen molar-refractivity contribution < 1.29 is 18.0 Å². The summed E-state index contributed by atoms with van der Waals surface area (Å²) in [5.41, 5.74) is 3.38. The molecule has 0 aliphatic carbocycles. The van der Waals surface area contributed by atoms with Crippen LogP contribution in [0.4, 0.5) is 0 Å². The van der Waals surface area contributed by atoms with Crippen LogP contribution in [0.25, 0.3) is 0 Å². The minimum Gasteiger partial charge on any atom is -0.386 e. The largest absolute Gasteiger partial charge is 0.386 e. The zero-order valence-corrected chi connectivity index (χ0v) is 14.9. The molecule has 0 bridgehead atoms. The van der Waals surface area contributed by atoms with E-state index in [-0.39, 0.29) is 5.75 Å². The third-order valence-corrected chi connectivity index (χ3v) is 5.18. The number of sulfone groups is 1. The standard InChI is InChI=1S/C15H22N4O4S/c1-10-13(11(2)23-17-10)8-18-4-5-19-12(7-18)6-14(16-19)15(20)9-24(3,21)22/h6,15,20H,4-5,7-9H2,1-3H3/t15-/m0/s1. The Kier molecular flexibility index (Phi) is 4.50. The quantitative estimate of drug-likeness (QED) is 0.838. The summed E-state index contributed by atoms with van der Waals surface area (Å²) in [6.07, 6.45) is 0.0199. The molecular weight excluding hydrogens is 332 g/mol. The second kappa shape index (κ2) is 6.30. The third kappa shape index (κ3) is 3.68. The Bertz CT molecular complexity index is 820. The number of hydrogen-bond donors (Lipinski definition) is 1. The molecule has 0 spiro atoms. The summed E-state index contributed by atoms with van der Waals surface area (Å²) in [5, 5.41) is 18.4. The average Bonchev–Trinajstić information content (AvgIpc) is 3.03. The highest BCUT2D eigenvalue weighted by Gasteiger charge is 2.24. The SMILES string of the molecule is Cc1noc(C)c1CN1CCn2nc([C@@H](O)CS(C)(=O)=O)cc2C1. The van der Waals surface area contributed by atoms with Crippen LogP contribution in [0.1, 0.15) is 34.5 Å². The first-order valence-electron chi connectivity index (χ1n) is 7.79. The van der Waals surface area contributed by atoms with Crippen LogP contribution < -0.4 is 0 Å². The van der Waals surface area contributed by atoms with Crippen LogP contribution in [0, 0.1) is 13.8 Å². The van der Waals surface area contributed by atoms with Gasteiger partial charge < -0.3 is 9.63 Å². The molecule has 3 heterocycles. The van der Waals surface area contributed by atoms with Crippen molar-refractivity contribution in [2.45, 2.75) is 39.6 Å². The van der Waals surface area contributed by atoms with Crippen molar-refractivity contribution in [3.05, 3.63) is 34.5 Å². The molecule has 0 amide bonds. The van der Waals surface area contributed by atoms with Gasteiger partial charge in [0.2, 0.25) is 0 Å². The van der Waals surface area contributed by atoms with Crippen LogP contribution in [0.2, 0.25) is 0 Å². The molecule has 0 radical (unpaired) electrons. The lowest BCUT2D eigenvalue weighted by molar-refractivity contribution is 0.191. The Morgan fingerprint density at radius 1 is 1.38 bits per heavy atom. The van der Waals surface area contributed by atoms with Gasteiger partial charge in [0.15, 0.2) is 0 Å². The van der Waals surface area contributed by atoms with Gasteiger partial charge in [-0.25, -0.2) is 8.42 Å². The molecule has 0 fully saturated rings. The smallest absolute Gasteiger partial charge is 0.150 e. The lowest BCUT2D eigenvalue weighted by atomic mass is 10.1. The fraction of sp³-hybridized carbons (Fsp3) is 0.600. The van der Waals surface area contributed by atoms with E-state index in [4.69, 9.17) is 4.52 Å². The van der Waals surface area contributed by atoms with Gasteiger partial charge in [0.1, 0.15) is 21.7 Å². The van der Waals surface area contributed by atoms with Gasteiger partial charge in [-0.3, -0.25) is 9.58 Å². The number of aliphatic hydroxyl groups excluding tert-OH is 1. The van der Waals surface area contributed by atoms with E-state index in [1.165, 1.54) is 0 Å². The van der Waals surface area contributed by atoms with Crippen molar-refractivity contribution in [3.63, 3.8) is 0 Å². The summed E-state index contributed by atoms with van der Waals surface area (Å²) in [7, 11) is -3.25. The fourth-order valence-electron chi connectivity index (χ4n) is 2.96. The van der Waals surface area contributed by atoms with Gasteiger partial charge in [0.05, 0.1) is 29.4 Å². The minimum atomic E-state index is -3.25. The fourth-order valence-corrected chi connectivity index (χ4v) is 3.71. The van der Waals surface area contributed by atoms with Crippen LogP contribution >= 0.6 is 0 Å². The van der Waals surface area contributed by atoms with Crippen molar-refractivity contribution >= 4 is 9.84 Å². The predicted octanol–water partition coefficient (Wildman–Crippen LogP) is 0.582. The Balaban J connectivity index is 1.72. The van der Waals surface area contributed by atoms with Crippen LogP contribution in [-0.4, -0.2) is 51.9 Å². The van der Waals surface area contributed by atoms with Gasteiger partial charge in [0.25, 0.3) is 0 Å². The second-order valence-electron chi connectivity index (χ2n) is 6.41. The summed E-state index contributed by atoms with van der Waals surface area (Å²) in [6, 6.07) is 1.79. The molecule has 2 aromatic heterocycles. The molecule has 132 valence electrons. The molecule has 8 nitrogen and oxygen atoms in total. The number of aromatic nitrogens is 3. The zero-order valence-electron chi connectivity index (χ0n) is 14.1. The van der Waals surface area contributed by atoms with Crippen molar-refractivity contribution in [1.82, 2.24) is 19.8 Å². The maximum absolute atomic E-state index is 11.3. The highest BCUT2D eigenvalue weighted by atomic mass is 32.2. The van der Waals surface area contributed by atoms with Crippen molar-refractivity contribution in [2.75, 3.05) is 18.6 Å². The molecule has 1 N–H and O–H groups in total. The van der Waals surface area contributed by atoms with Crippen molar-refractivity contribution in [1.29, 1.82) is 0 Å². The first-order chi connectivity index (χ1) is 11.2. The summed E-state index contributed by atoms with van der Waals surface area (Å²) in [4.78, 5) is 2.26. The van der Waals surface area contributed by atoms with Crippen LogP contribution in [-0.2, 0) is 29.5 Å². The van der Waals surface area contributed by atoms with Gasteiger partial charge in [-0.05, 0) is 19.9 Å². The van der Waals surface area contributed by atoms with Gasteiger partial charge >= 0.3 is 0 Å². The maximum Gasteiger partial charge on any atom is 0.150 e. The van der Waals surface area contributed by atoms with Gasteiger partial charge in [0, 0.05) is 31.5 Å². The van der Waals surface area contributed by atoms with Crippen molar-refractivity contribution in [3.8, 4) is 0 Å². The van der Waals surface area contributed by atoms with E-state index in [2.05, 4.69) is 15.2 Å². The van der Waals surface area contributed by atoms with Crippen LogP contribution in [0.3, 0.4) is 0 Å². The molecule has 0 saturated carbocycles.